The van der Waals surface area contributed by atoms with Gasteiger partial charge in [0.15, 0.2) is 11.6 Å². The van der Waals surface area contributed by atoms with Gasteiger partial charge >= 0.3 is 6.18 Å². The molecule has 0 fully saturated rings. The summed E-state index contributed by atoms with van der Waals surface area (Å²) in [4.78, 5) is 11.5. The Kier molecular flexibility index (Phi) is 4.55. The van der Waals surface area contributed by atoms with Crippen LogP contribution < -0.4 is 16.4 Å². The summed E-state index contributed by atoms with van der Waals surface area (Å²) in [5, 5.41) is 5.42. The first-order chi connectivity index (χ1) is 10.3. The average Bonchev–Trinajstić information content (AvgIpc) is 2.44. The third kappa shape index (κ3) is 3.48. The maximum absolute atomic E-state index is 12.6. The lowest BCUT2D eigenvalue weighted by molar-refractivity contribution is -0.137. The molecule has 10 heteroatoms. The van der Waals surface area contributed by atoms with E-state index in [2.05, 4.69) is 25.6 Å². The zero-order valence-corrected chi connectivity index (χ0v) is 12.1. The number of nitrogens with zero attached hydrogens (tertiary/aromatic N) is 3. The number of rotatable bonds is 4. The quantitative estimate of drug-likeness (QED) is 0.796. The van der Waals surface area contributed by atoms with E-state index in [1.165, 1.54) is 6.33 Å². The molecule has 0 bridgehead atoms. The maximum Gasteiger partial charge on any atom is 0.417 e. The molecule has 6 nitrogen and oxygen atoms in total. The van der Waals surface area contributed by atoms with Gasteiger partial charge in [0, 0.05) is 12.7 Å². The van der Waals surface area contributed by atoms with Crippen molar-refractivity contribution in [1.29, 1.82) is 0 Å². The van der Waals surface area contributed by atoms with Gasteiger partial charge in [0.05, 0.1) is 10.6 Å². The van der Waals surface area contributed by atoms with Crippen LogP contribution in [0.2, 0.25) is 5.02 Å². The first kappa shape index (κ1) is 16.1. The molecule has 0 aliphatic heterocycles. The molecule has 0 radical (unpaired) electrons. The standard InChI is InChI=1S/C12H12ClF3N6/c1-2-18-10-8(17)11(21-5-20-10)22-9-7(13)3-6(4-19-9)12(14,15)16/h3-5H,2,17H2,1H3,(H2,18,19,20,21,22). The molecule has 2 aromatic heterocycles. The molecular formula is C12H12ClF3N6. The summed E-state index contributed by atoms with van der Waals surface area (Å²) in [5.74, 6) is 0.616. The molecule has 0 aliphatic rings. The Bertz CT molecular complexity index is 676. The minimum absolute atomic E-state index is 0.0162. The fourth-order valence-corrected chi connectivity index (χ4v) is 1.81. The van der Waals surface area contributed by atoms with Gasteiger partial charge in [0.2, 0.25) is 0 Å². The van der Waals surface area contributed by atoms with Crippen molar-refractivity contribution in [3.8, 4) is 0 Å². The van der Waals surface area contributed by atoms with Gasteiger partial charge in [-0.15, -0.1) is 0 Å². The molecule has 4 N–H and O–H groups in total. The number of alkyl halides is 3. The fourth-order valence-electron chi connectivity index (χ4n) is 1.60. The smallest absolute Gasteiger partial charge is 0.393 e. The second kappa shape index (κ2) is 6.22. The Labute approximate surface area is 128 Å². The third-order valence-corrected chi connectivity index (χ3v) is 2.92. The summed E-state index contributed by atoms with van der Waals surface area (Å²) in [6.07, 6.45) is -2.58. The number of hydrogen-bond acceptors (Lipinski definition) is 6. The highest BCUT2D eigenvalue weighted by Crippen LogP contribution is 2.34. The van der Waals surface area contributed by atoms with E-state index in [1.54, 1.807) is 0 Å². The van der Waals surface area contributed by atoms with E-state index >= 15 is 0 Å². The summed E-state index contributed by atoms with van der Waals surface area (Å²) in [6.45, 7) is 2.46. The maximum atomic E-state index is 12.6. The second-order valence-electron chi connectivity index (χ2n) is 4.19. The lowest BCUT2D eigenvalue weighted by Crippen LogP contribution is -2.09. The Morgan fingerprint density at radius 2 is 1.86 bits per heavy atom. The van der Waals surface area contributed by atoms with Crippen molar-refractivity contribution in [2.45, 2.75) is 13.1 Å². The molecule has 2 rings (SSSR count). The van der Waals surface area contributed by atoms with Crippen molar-refractivity contribution >= 4 is 34.7 Å². The van der Waals surface area contributed by atoms with Crippen molar-refractivity contribution in [1.82, 2.24) is 15.0 Å². The number of pyridine rings is 1. The van der Waals surface area contributed by atoms with Crippen molar-refractivity contribution in [2.24, 2.45) is 0 Å². The molecule has 0 aromatic carbocycles. The number of nitrogens with two attached hydrogens (primary N) is 1. The van der Waals surface area contributed by atoms with Crippen molar-refractivity contribution in [3.05, 3.63) is 29.2 Å². The highest BCUT2D eigenvalue weighted by molar-refractivity contribution is 6.33. The number of halogens is 4. The van der Waals surface area contributed by atoms with Crippen molar-refractivity contribution < 1.29 is 13.2 Å². The van der Waals surface area contributed by atoms with Gasteiger partial charge < -0.3 is 16.4 Å². The first-order valence-electron chi connectivity index (χ1n) is 6.17. The van der Waals surface area contributed by atoms with Crippen LogP contribution in [0, 0.1) is 0 Å². The lowest BCUT2D eigenvalue weighted by atomic mass is 10.3. The molecule has 22 heavy (non-hydrogen) atoms. The van der Waals surface area contributed by atoms with Gasteiger partial charge in [-0.25, -0.2) is 15.0 Å². The van der Waals surface area contributed by atoms with E-state index in [1.807, 2.05) is 6.92 Å². The highest BCUT2D eigenvalue weighted by Gasteiger charge is 2.31. The number of anilines is 4. The summed E-state index contributed by atoms with van der Waals surface area (Å²) in [5.41, 5.74) is 5.14. The summed E-state index contributed by atoms with van der Waals surface area (Å²) in [6, 6.07) is 0.777. The van der Waals surface area contributed by atoms with Crippen LogP contribution in [0.3, 0.4) is 0 Å². The SMILES string of the molecule is CCNc1ncnc(Nc2ncc(C(F)(F)F)cc2Cl)c1N. The van der Waals surface area contributed by atoms with Crippen molar-refractivity contribution in [2.75, 3.05) is 22.9 Å². The van der Waals surface area contributed by atoms with E-state index < -0.39 is 11.7 Å². The molecule has 0 atom stereocenters. The van der Waals surface area contributed by atoms with Gasteiger partial charge in [0.1, 0.15) is 17.8 Å². The van der Waals surface area contributed by atoms with E-state index in [-0.39, 0.29) is 22.3 Å². The summed E-state index contributed by atoms with van der Waals surface area (Å²) in [7, 11) is 0. The minimum atomic E-state index is -4.51. The van der Waals surface area contributed by atoms with Crippen LogP contribution in [0.5, 0.6) is 0 Å². The summed E-state index contributed by atoms with van der Waals surface area (Å²) < 4.78 is 37.7. The molecule has 118 valence electrons. The van der Waals surface area contributed by atoms with E-state index in [4.69, 9.17) is 17.3 Å². The minimum Gasteiger partial charge on any atom is -0.393 e. The molecule has 2 heterocycles. The van der Waals surface area contributed by atoms with Gasteiger partial charge in [-0.2, -0.15) is 13.2 Å². The van der Waals surface area contributed by atoms with Crippen LogP contribution >= 0.6 is 11.6 Å². The highest BCUT2D eigenvalue weighted by atomic mass is 35.5. The van der Waals surface area contributed by atoms with E-state index in [0.717, 1.165) is 6.07 Å². The molecule has 0 aliphatic carbocycles. The van der Waals surface area contributed by atoms with Gasteiger partial charge in [-0.05, 0) is 13.0 Å². The first-order valence-corrected chi connectivity index (χ1v) is 6.54. The van der Waals surface area contributed by atoms with E-state index in [0.29, 0.717) is 18.6 Å². The Balaban J connectivity index is 2.30. The molecule has 0 spiro atoms. The number of aromatic nitrogens is 3. The van der Waals surface area contributed by atoms with Gasteiger partial charge in [-0.1, -0.05) is 11.6 Å². The van der Waals surface area contributed by atoms with Crippen LogP contribution in [0.25, 0.3) is 0 Å². The Morgan fingerprint density at radius 3 is 2.45 bits per heavy atom. The monoisotopic (exact) mass is 332 g/mol. The van der Waals surface area contributed by atoms with Crippen LogP contribution in [0.1, 0.15) is 12.5 Å². The molecule has 2 aromatic rings. The summed E-state index contributed by atoms with van der Waals surface area (Å²) >= 11 is 5.81. The average molecular weight is 333 g/mol. The van der Waals surface area contributed by atoms with Crippen LogP contribution in [-0.2, 0) is 6.18 Å². The largest absolute Gasteiger partial charge is 0.417 e. The van der Waals surface area contributed by atoms with Crippen molar-refractivity contribution in [3.63, 3.8) is 0 Å². The predicted octanol–water partition coefficient (Wildman–Crippen LogP) is 3.30. The molecule has 0 saturated carbocycles. The number of nitrogen functional groups attached to an aromatic ring is 1. The Hall–Kier alpha value is -2.29. The fraction of sp³-hybridized carbons (Fsp3) is 0.250. The topological polar surface area (TPSA) is 88.8 Å². The van der Waals surface area contributed by atoms with Gasteiger partial charge in [-0.3, -0.25) is 0 Å². The molecule has 0 amide bonds. The Morgan fingerprint density at radius 1 is 1.18 bits per heavy atom. The lowest BCUT2D eigenvalue weighted by Gasteiger charge is -2.13. The normalized spacial score (nSPS) is 11.3. The zero-order valence-electron chi connectivity index (χ0n) is 11.4. The second-order valence-corrected chi connectivity index (χ2v) is 4.60. The molecular weight excluding hydrogens is 321 g/mol. The van der Waals surface area contributed by atoms with Crippen LogP contribution in [0.4, 0.5) is 36.3 Å². The third-order valence-electron chi connectivity index (χ3n) is 2.63. The number of nitrogens with one attached hydrogen (secondary N) is 2. The number of hydrogen-bond donors (Lipinski definition) is 3. The van der Waals surface area contributed by atoms with E-state index in [9.17, 15) is 13.2 Å². The van der Waals surface area contributed by atoms with Gasteiger partial charge in [0.25, 0.3) is 0 Å². The zero-order chi connectivity index (χ0) is 16.3. The predicted molar refractivity (Wildman–Crippen MR) is 78.1 cm³/mol. The van der Waals surface area contributed by atoms with Crippen LogP contribution in [0.15, 0.2) is 18.6 Å². The van der Waals surface area contributed by atoms with Crippen LogP contribution in [-0.4, -0.2) is 21.5 Å². The molecule has 0 saturated heterocycles. The molecule has 0 unspecified atom stereocenters.